The van der Waals surface area contributed by atoms with Gasteiger partial charge >= 0.3 is 0 Å². The normalized spacial score (nSPS) is 13.2. The molecule has 0 saturated carbocycles. The van der Waals surface area contributed by atoms with Gasteiger partial charge in [-0.15, -0.1) is 11.3 Å². The quantitative estimate of drug-likeness (QED) is 0.836. The number of sulfonamides is 1. The molecule has 0 aromatic carbocycles. The Balaban J connectivity index is 2.99. The fourth-order valence-electron chi connectivity index (χ4n) is 1.61. The number of hydrogen-bond acceptors (Lipinski definition) is 4. The Morgan fingerprint density at radius 3 is 2.56 bits per heavy atom. The number of thiophene rings is 1. The summed E-state index contributed by atoms with van der Waals surface area (Å²) in [6, 6.07) is 3.41. The second-order valence-corrected chi connectivity index (χ2v) is 8.25. The summed E-state index contributed by atoms with van der Waals surface area (Å²) < 4.78 is 26.9. The van der Waals surface area contributed by atoms with Gasteiger partial charge in [-0.2, -0.15) is 4.31 Å². The van der Waals surface area contributed by atoms with Gasteiger partial charge in [0.15, 0.2) is 0 Å². The van der Waals surface area contributed by atoms with E-state index in [9.17, 15) is 8.42 Å². The van der Waals surface area contributed by atoms with Gasteiger partial charge in [0.2, 0.25) is 0 Å². The highest BCUT2D eigenvalue weighted by Crippen LogP contribution is 2.25. The van der Waals surface area contributed by atoms with Crippen molar-refractivity contribution in [1.82, 2.24) is 4.31 Å². The molecule has 0 aliphatic rings. The smallest absolute Gasteiger partial charge is 0.252 e. The number of nitrogens with zero attached hydrogens (tertiary/aromatic N) is 1. The van der Waals surface area contributed by atoms with Gasteiger partial charge in [0.1, 0.15) is 4.21 Å². The van der Waals surface area contributed by atoms with Crippen LogP contribution < -0.4 is 5.73 Å². The van der Waals surface area contributed by atoms with Gasteiger partial charge in [-0.05, 0) is 29.8 Å². The topological polar surface area (TPSA) is 63.4 Å². The highest BCUT2D eigenvalue weighted by molar-refractivity contribution is 7.91. The molecule has 0 fully saturated rings. The Kier molecular flexibility index (Phi) is 5.33. The predicted molar refractivity (Wildman–Crippen MR) is 76.2 cm³/mol. The van der Waals surface area contributed by atoms with Crippen molar-refractivity contribution in [2.75, 3.05) is 19.6 Å². The number of rotatable bonds is 7. The van der Waals surface area contributed by atoms with Crippen LogP contribution in [0, 0.1) is 5.41 Å². The number of nitrogens with two attached hydrogens (primary N) is 1. The second kappa shape index (κ2) is 6.14. The molecule has 104 valence electrons. The zero-order valence-corrected chi connectivity index (χ0v) is 12.9. The van der Waals surface area contributed by atoms with Gasteiger partial charge in [0.25, 0.3) is 10.0 Å². The van der Waals surface area contributed by atoms with E-state index in [0.29, 0.717) is 23.8 Å². The molecule has 0 unspecified atom stereocenters. The van der Waals surface area contributed by atoms with E-state index in [4.69, 9.17) is 5.73 Å². The average molecular weight is 290 g/mol. The predicted octanol–water partition coefficient (Wildman–Crippen LogP) is 2.13. The molecule has 0 aliphatic heterocycles. The molecule has 18 heavy (non-hydrogen) atoms. The SMILES string of the molecule is CCCN(CC(C)(C)CN)S(=O)(=O)c1cccs1. The van der Waals surface area contributed by atoms with Crippen molar-refractivity contribution in [3.63, 3.8) is 0 Å². The first-order chi connectivity index (χ1) is 8.33. The lowest BCUT2D eigenvalue weighted by molar-refractivity contribution is 0.267. The second-order valence-electron chi connectivity index (χ2n) is 5.14. The fourth-order valence-corrected chi connectivity index (χ4v) is 4.48. The van der Waals surface area contributed by atoms with E-state index in [2.05, 4.69) is 0 Å². The Morgan fingerprint density at radius 1 is 1.44 bits per heavy atom. The maximum Gasteiger partial charge on any atom is 0.252 e. The molecule has 1 aromatic rings. The van der Waals surface area contributed by atoms with Crippen LogP contribution in [0.4, 0.5) is 0 Å². The third-order valence-electron chi connectivity index (χ3n) is 2.72. The molecule has 0 amide bonds. The molecule has 0 aliphatic carbocycles. The van der Waals surface area contributed by atoms with Crippen molar-refractivity contribution >= 4 is 21.4 Å². The van der Waals surface area contributed by atoms with E-state index >= 15 is 0 Å². The lowest BCUT2D eigenvalue weighted by Gasteiger charge is -2.30. The van der Waals surface area contributed by atoms with E-state index in [0.717, 1.165) is 6.42 Å². The summed E-state index contributed by atoms with van der Waals surface area (Å²) in [7, 11) is -3.37. The van der Waals surface area contributed by atoms with Crippen molar-refractivity contribution in [2.45, 2.75) is 31.4 Å². The summed E-state index contributed by atoms with van der Waals surface area (Å²) in [5.41, 5.74) is 5.48. The lowest BCUT2D eigenvalue weighted by atomic mass is 9.94. The van der Waals surface area contributed by atoms with Crippen LogP contribution in [-0.4, -0.2) is 32.4 Å². The average Bonchev–Trinajstić information content (AvgIpc) is 2.82. The summed E-state index contributed by atoms with van der Waals surface area (Å²) in [5.74, 6) is 0. The van der Waals surface area contributed by atoms with E-state index in [1.54, 1.807) is 21.8 Å². The van der Waals surface area contributed by atoms with Crippen molar-refractivity contribution in [3.05, 3.63) is 17.5 Å². The van der Waals surface area contributed by atoms with Gasteiger partial charge in [-0.1, -0.05) is 26.8 Å². The van der Waals surface area contributed by atoms with Crippen molar-refractivity contribution in [2.24, 2.45) is 11.1 Å². The largest absolute Gasteiger partial charge is 0.330 e. The van der Waals surface area contributed by atoms with Gasteiger partial charge in [-0.25, -0.2) is 8.42 Å². The Morgan fingerprint density at radius 2 is 2.11 bits per heavy atom. The van der Waals surface area contributed by atoms with E-state index in [1.165, 1.54) is 11.3 Å². The Bertz CT molecular complexity index is 452. The molecule has 4 nitrogen and oxygen atoms in total. The van der Waals surface area contributed by atoms with Crippen LogP contribution in [0.1, 0.15) is 27.2 Å². The van der Waals surface area contributed by atoms with Crippen molar-refractivity contribution in [3.8, 4) is 0 Å². The summed E-state index contributed by atoms with van der Waals surface area (Å²) >= 11 is 1.26. The summed E-state index contributed by atoms with van der Waals surface area (Å²) in [5, 5.41) is 1.78. The molecule has 0 spiro atoms. The minimum atomic E-state index is -3.37. The minimum Gasteiger partial charge on any atom is -0.330 e. The monoisotopic (exact) mass is 290 g/mol. The fraction of sp³-hybridized carbons (Fsp3) is 0.667. The van der Waals surface area contributed by atoms with E-state index < -0.39 is 10.0 Å². The number of hydrogen-bond donors (Lipinski definition) is 1. The van der Waals surface area contributed by atoms with E-state index in [-0.39, 0.29) is 5.41 Å². The highest BCUT2D eigenvalue weighted by atomic mass is 32.2. The van der Waals surface area contributed by atoms with E-state index in [1.807, 2.05) is 20.8 Å². The first-order valence-electron chi connectivity index (χ1n) is 6.07. The van der Waals surface area contributed by atoms with Gasteiger partial charge < -0.3 is 5.73 Å². The summed E-state index contributed by atoms with van der Waals surface area (Å²) in [4.78, 5) is 0. The van der Waals surface area contributed by atoms with Crippen LogP contribution in [0.5, 0.6) is 0 Å². The van der Waals surface area contributed by atoms with Crippen LogP contribution in [-0.2, 0) is 10.0 Å². The van der Waals surface area contributed by atoms with Crippen LogP contribution >= 0.6 is 11.3 Å². The molecule has 0 atom stereocenters. The molecular weight excluding hydrogens is 268 g/mol. The molecule has 0 bridgehead atoms. The van der Waals surface area contributed by atoms with Crippen LogP contribution in [0.3, 0.4) is 0 Å². The Labute approximate surface area is 114 Å². The summed E-state index contributed by atoms with van der Waals surface area (Å²) in [6.45, 7) is 7.40. The zero-order chi connectivity index (χ0) is 13.8. The molecule has 1 aromatic heterocycles. The third-order valence-corrected chi connectivity index (χ3v) is 5.94. The zero-order valence-electron chi connectivity index (χ0n) is 11.2. The first-order valence-corrected chi connectivity index (χ1v) is 8.39. The van der Waals surface area contributed by atoms with Crippen molar-refractivity contribution < 1.29 is 8.42 Å². The van der Waals surface area contributed by atoms with Crippen molar-refractivity contribution in [1.29, 1.82) is 0 Å². The maximum atomic E-state index is 12.5. The standard InChI is InChI=1S/C12H22N2O2S2/c1-4-7-14(10-12(2,3)9-13)18(15,16)11-6-5-8-17-11/h5-6,8H,4,7,9-10,13H2,1-3H3. The molecule has 1 rings (SSSR count). The Hall–Kier alpha value is -0.430. The van der Waals surface area contributed by atoms with Gasteiger partial charge in [-0.3, -0.25) is 0 Å². The van der Waals surface area contributed by atoms with Crippen LogP contribution in [0.25, 0.3) is 0 Å². The first kappa shape index (κ1) is 15.6. The maximum absolute atomic E-state index is 12.5. The van der Waals surface area contributed by atoms with Crippen LogP contribution in [0.15, 0.2) is 21.7 Å². The molecular formula is C12H22N2O2S2. The summed E-state index contributed by atoms with van der Waals surface area (Å²) in [6.07, 6.45) is 0.797. The molecule has 2 N–H and O–H groups in total. The van der Waals surface area contributed by atoms with Gasteiger partial charge in [0.05, 0.1) is 0 Å². The lowest BCUT2D eigenvalue weighted by Crippen LogP contribution is -2.42. The van der Waals surface area contributed by atoms with Crippen LogP contribution in [0.2, 0.25) is 0 Å². The molecule has 6 heteroatoms. The highest BCUT2D eigenvalue weighted by Gasteiger charge is 2.30. The third kappa shape index (κ3) is 3.78. The molecule has 0 radical (unpaired) electrons. The van der Waals surface area contributed by atoms with Gasteiger partial charge in [0, 0.05) is 13.1 Å². The molecule has 1 heterocycles. The minimum absolute atomic E-state index is 0.209. The molecule has 0 saturated heterocycles.